The maximum Gasteiger partial charge on any atom is 0.255 e. The highest BCUT2D eigenvalue weighted by molar-refractivity contribution is 5.95. The molecule has 32 heavy (non-hydrogen) atoms. The molecule has 1 atom stereocenters. The maximum atomic E-state index is 13.0. The van der Waals surface area contributed by atoms with E-state index in [4.69, 9.17) is 4.74 Å². The second-order valence-electron chi connectivity index (χ2n) is 9.52. The highest BCUT2D eigenvalue weighted by Crippen LogP contribution is 2.37. The Morgan fingerprint density at radius 1 is 1.03 bits per heavy atom. The summed E-state index contributed by atoms with van der Waals surface area (Å²) in [6, 6.07) is 13.2. The minimum absolute atomic E-state index is 0.0692. The molecule has 1 spiro atoms. The van der Waals surface area contributed by atoms with Crippen molar-refractivity contribution < 1.29 is 9.53 Å². The number of nitrogens with zero attached hydrogens (tertiary/aromatic N) is 4. The first-order valence-corrected chi connectivity index (χ1v) is 12.0. The predicted molar refractivity (Wildman–Crippen MR) is 126 cm³/mol. The number of piperidine rings is 1. The van der Waals surface area contributed by atoms with E-state index in [2.05, 4.69) is 45.1 Å². The summed E-state index contributed by atoms with van der Waals surface area (Å²) in [5.41, 5.74) is 2.98. The van der Waals surface area contributed by atoms with E-state index in [-0.39, 0.29) is 11.5 Å². The minimum atomic E-state index is -0.0692. The Morgan fingerprint density at radius 3 is 2.50 bits per heavy atom. The molecule has 3 saturated heterocycles. The summed E-state index contributed by atoms with van der Waals surface area (Å²) in [5, 5.41) is 0. The molecule has 1 aromatic heterocycles. The molecule has 1 amide bonds. The molecule has 2 aromatic rings. The summed E-state index contributed by atoms with van der Waals surface area (Å²) in [4.78, 5) is 24.3. The smallest absolute Gasteiger partial charge is 0.255 e. The summed E-state index contributed by atoms with van der Waals surface area (Å²) in [6.45, 7) is 8.73. The van der Waals surface area contributed by atoms with Crippen LogP contribution >= 0.6 is 0 Å². The van der Waals surface area contributed by atoms with Crippen molar-refractivity contribution in [3.05, 3.63) is 59.9 Å². The van der Waals surface area contributed by atoms with E-state index in [9.17, 15) is 4.79 Å². The first kappa shape index (κ1) is 21.4. The largest absolute Gasteiger partial charge is 0.375 e. The standard InChI is InChI=1S/C26H34N4O2/c1-21-7-11-27-20-24(21)25(31)30-12-9-26(10-13-30)19-23(8-18-32-26)29-16-14-28(15-17-29)22-5-3-2-4-6-22/h2-7,11,20,23H,8-10,12-19H2,1H3/t23-/m0/s1. The van der Waals surface area contributed by atoms with Gasteiger partial charge in [0.15, 0.2) is 0 Å². The lowest BCUT2D eigenvalue weighted by molar-refractivity contribution is -0.130. The van der Waals surface area contributed by atoms with Gasteiger partial charge >= 0.3 is 0 Å². The number of rotatable bonds is 3. The molecule has 0 radical (unpaired) electrons. The zero-order chi connectivity index (χ0) is 22.0. The van der Waals surface area contributed by atoms with E-state index in [0.717, 1.165) is 82.7 Å². The van der Waals surface area contributed by atoms with Crippen molar-refractivity contribution in [2.75, 3.05) is 50.8 Å². The maximum absolute atomic E-state index is 13.0. The van der Waals surface area contributed by atoms with Crippen LogP contribution in [-0.4, -0.2) is 78.2 Å². The molecule has 0 saturated carbocycles. The van der Waals surface area contributed by atoms with Gasteiger partial charge in [-0.25, -0.2) is 0 Å². The van der Waals surface area contributed by atoms with Crippen LogP contribution in [0.5, 0.6) is 0 Å². The molecule has 3 fully saturated rings. The number of hydrogen-bond acceptors (Lipinski definition) is 5. The third kappa shape index (κ3) is 4.39. The fourth-order valence-corrected chi connectivity index (χ4v) is 5.62. The fraction of sp³-hybridized carbons (Fsp3) is 0.538. The molecule has 0 bridgehead atoms. The van der Waals surface area contributed by atoms with Gasteiger partial charge in [0.1, 0.15) is 0 Å². The summed E-state index contributed by atoms with van der Waals surface area (Å²) in [5.74, 6) is 0.106. The van der Waals surface area contributed by atoms with Gasteiger partial charge in [0.05, 0.1) is 11.2 Å². The number of amides is 1. The lowest BCUT2D eigenvalue weighted by Gasteiger charge is -2.50. The number of anilines is 1. The average molecular weight is 435 g/mol. The average Bonchev–Trinajstić information content (AvgIpc) is 2.85. The van der Waals surface area contributed by atoms with Crippen molar-refractivity contribution in [3.63, 3.8) is 0 Å². The molecule has 0 unspecified atom stereocenters. The Hall–Kier alpha value is -2.44. The van der Waals surface area contributed by atoms with Crippen LogP contribution in [0, 0.1) is 6.92 Å². The molecule has 170 valence electrons. The summed E-state index contributed by atoms with van der Waals surface area (Å²) >= 11 is 0. The number of piperazine rings is 1. The monoisotopic (exact) mass is 434 g/mol. The van der Waals surface area contributed by atoms with Gasteiger partial charge in [0.25, 0.3) is 5.91 Å². The highest BCUT2D eigenvalue weighted by Gasteiger charge is 2.43. The van der Waals surface area contributed by atoms with Crippen LogP contribution in [0.4, 0.5) is 5.69 Å². The number of para-hydroxylation sites is 1. The predicted octanol–water partition coefficient (Wildman–Crippen LogP) is 3.37. The van der Waals surface area contributed by atoms with E-state index in [1.165, 1.54) is 5.69 Å². The molecular formula is C26H34N4O2. The molecule has 1 aromatic carbocycles. The van der Waals surface area contributed by atoms with E-state index in [0.29, 0.717) is 6.04 Å². The number of pyridine rings is 1. The minimum Gasteiger partial charge on any atom is -0.375 e. The Kier molecular flexibility index (Phi) is 6.15. The van der Waals surface area contributed by atoms with E-state index in [1.54, 1.807) is 12.4 Å². The summed E-state index contributed by atoms with van der Waals surface area (Å²) < 4.78 is 6.39. The normalized spacial score (nSPS) is 24.0. The third-order valence-electron chi connectivity index (χ3n) is 7.65. The number of carbonyl (C=O) groups excluding carboxylic acids is 1. The number of carbonyl (C=O) groups is 1. The lowest BCUT2D eigenvalue weighted by Crippen LogP contribution is -2.57. The van der Waals surface area contributed by atoms with Crippen molar-refractivity contribution in [3.8, 4) is 0 Å². The lowest BCUT2D eigenvalue weighted by atomic mass is 9.81. The van der Waals surface area contributed by atoms with Crippen LogP contribution in [0.1, 0.15) is 41.6 Å². The van der Waals surface area contributed by atoms with Crippen molar-refractivity contribution in [2.24, 2.45) is 0 Å². The molecule has 6 nitrogen and oxygen atoms in total. The first-order chi connectivity index (χ1) is 15.6. The Morgan fingerprint density at radius 2 is 1.78 bits per heavy atom. The second-order valence-corrected chi connectivity index (χ2v) is 9.52. The van der Waals surface area contributed by atoms with Crippen LogP contribution in [0.3, 0.4) is 0 Å². The molecule has 3 aliphatic heterocycles. The number of benzene rings is 1. The SMILES string of the molecule is Cc1ccncc1C(=O)N1CCC2(CC1)C[C@@H](N1CCN(c3ccccc3)CC1)CCO2. The van der Waals surface area contributed by atoms with Crippen molar-refractivity contribution in [1.82, 2.24) is 14.8 Å². The van der Waals surface area contributed by atoms with Crippen LogP contribution in [-0.2, 0) is 4.74 Å². The van der Waals surface area contributed by atoms with Gasteiger partial charge in [-0.15, -0.1) is 0 Å². The molecule has 0 aliphatic carbocycles. The number of aromatic nitrogens is 1. The second kappa shape index (κ2) is 9.20. The van der Waals surface area contributed by atoms with Gasteiger partial charge in [-0.2, -0.15) is 0 Å². The highest BCUT2D eigenvalue weighted by atomic mass is 16.5. The van der Waals surface area contributed by atoms with E-state index >= 15 is 0 Å². The van der Waals surface area contributed by atoms with E-state index in [1.807, 2.05) is 17.9 Å². The molecule has 4 heterocycles. The fourth-order valence-electron chi connectivity index (χ4n) is 5.62. The van der Waals surface area contributed by atoms with Crippen LogP contribution < -0.4 is 4.90 Å². The Bertz CT molecular complexity index is 918. The quantitative estimate of drug-likeness (QED) is 0.741. The van der Waals surface area contributed by atoms with Gasteiger partial charge in [-0.05, 0) is 56.4 Å². The van der Waals surface area contributed by atoms with Crippen LogP contribution in [0.15, 0.2) is 48.8 Å². The van der Waals surface area contributed by atoms with Gasteiger partial charge in [0.2, 0.25) is 0 Å². The Labute approximate surface area is 191 Å². The Balaban J connectivity index is 1.16. The van der Waals surface area contributed by atoms with Crippen molar-refractivity contribution >= 4 is 11.6 Å². The number of ether oxygens (including phenoxy) is 1. The number of aryl methyl sites for hydroxylation is 1. The summed E-state index contributed by atoms with van der Waals surface area (Å²) in [7, 11) is 0. The van der Waals surface area contributed by atoms with Gasteiger partial charge in [-0.1, -0.05) is 18.2 Å². The number of hydrogen-bond donors (Lipinski definition) is 0. The van der Waals surface area contributed by atoms with Gasteiger partial charge in [0, 0.05) is 70.0 Å². The van der Waals surface area contributed by atoms with E-state index < -0.39 is 0 Å². The molecule has 6 heteroatoms. The molecule has 3 aliphatic rings. The van der Waals surface area contributed by atoms with Gasteiger partial charge < -0.3 is 14.5 Å². The molecular weight excluding hydrogens is 400 g/mol. The molecule has 0 N–H and O–H groups in total. The third-order valence-corrected chi connectivity index (χ3v) is 7.65. The van der Waals surface area contributed by atoms with Crippen molar-refractivity contribution in [1.29, 1.82) is 0 Å². The van der Waals surface area contributed by atoms with Crippen LogP contribution in [0.25, 0.3) is 0 Å². The molecule has 5 rings (SSSR count). The first-order valence-electron chi connectivity index (χ1n) is 12.0. The van der Waals surface area contributed by atoms with Crippen LogP contribution in [0.2, 0.25) is 0 Å². The zero-order valence-corrected chi connectivity index (χ0v) is 19.1. The van der Waals surface area contributed by atoms with Crippen molar-refractivity contribution in [2.45, 2.75) is 44.2 Å². The topological polar surface area (TPSA) is 48.9 Å². The van der Waals surface area contributed by atoms with Gasteiger partial charge in [-0.3, -0.25) is 14.7 Å². The summed E-state index contributed by atoms with van der Waals surface area (Å²) in [6.07, 6.45) is 7.51. The number of likely N-dealkylation sites (tertiary alicyclic amines) is 1. The zero-order valence-electron chi connectivity index (χ0n) is 19.1.